The van der Waals surface area contributed by atoms with E-state index in [1.54, 1.807) is 4.52 Å². The number of amides is 1. The molecule has 0 aromatic carbocycles. The molecule has 7 heteroatoms. The Balaban J connectivity index is 1.99. The van der Waals surface area contributed by atoms with Crippen molar-refractivity contribution in [1.29, 1.82) is 0 Å². The molecule has 1 aliphatic rings. The maximum atomic E-state index is 11.1. The average Bonchev–Trinajstić information content (AvgIpc) is 2.85. The molecule has 0 saturated carbocycles. The molecule has 0 bridgehead atoms. The van der Waals surface area contributed by atoms with Crippen LogP contribution in [-0.2, 0) is 0 Å². The molecule has 0 spiro atoms. The molecular formula is C12H15N5O2. The lowest BCUT2D eigenvalue weighted by atomic mass is 9.94. The van der Waals surface area contributed by atoms with Gasteiger partial charge in [-0.3, -0.25) is 0 Å². The van der Waals surface area contributed by atoms with Crippen LogP contribution >= 0.6 is 0 Å². The van der Waals surface area contributed by atoms with Crippen molar-refractivity contribution in [3.8, 4) is 0 Å². The second kappa shape index (κ2) is 4.49. The minimum Gasteiger partial charge on any atom is -0.465 e. The summed E-state index contributed by atoms with van der Waals surface area (Å²) in [7, 11) is 0. The highest BCUT2D eigenvalue weighted by Crippen LogP contribution is 2.27. The van der Waals surface area contributed by atoms with E-state index in [4.69, 9.17) is 5.11 Å². The summed E-state index contributed by atoms with van der Waals surface area (Å²) in [6, 6.07) is 1.97. The second-order valence-corrected chi connectivity index (χ2v) is 4.86. The van der Waals surface area contributed by atoms with Crippen LogP contribution in [0.2, 0.25) is 0 Å². The summed E-state index contributed by atoms with van der Waals surface area (Å²) >= 11 is 0. The van der Waals surface area contributed by atoms with Crippen molar-refractivity contribution in [2.75, 3.05) is 13.1 Å². The number of rotatable bonds is 1. The number of aryl methyl sites for hydroxylation is 1. The normalized spacial score (nSPS) is 19.8. The topological polar surface area (TPSA) is 83.6 Å². The van der Waals surface area contributed by atoms with E-state index in [0.29, 0.717) is 18.9 Å². The van der Waals surface area contributed by atoms with Crippen molar-refractivity contribution in [2.24, 2.45) is 0 Å². The second-order valence-electron chi connectivity index (χ2n) is 4.86. The highest BCUT2D eigenvalue weighted by atomic mass is 16.4. The maximum absolute atomic E-state index is 11.1. The van der Waals surface area contributed by atoms with Gasteiger partial charge in [0.2, 0.25) is 0 Å². The van der Waals surface area contributed by atoms with Crippen molar-refractivity contribution in [2.45, 2.75) is 25.7 Å². The van der Waals surface area contributed by atoms with Crippen molar-refractivity contribution in [1.82, 2.24) is 24.5 Å². The molecule has 3 rings (SSSR count). The lowest BCUT2D eigenvalue weighted by Crippen LogP contribution is -2.38. The van der Waals surface area contributed by atoms with E-state index >= 15 is 0 Å². The Bertz CT molecular complexity index is 624. The fourth-order valence-electron chi connectivity index (χ4n) is 2.64. The molecule has 2 aromatic rings. The van der Waals surface area contributed by atoms with Gasteiger partial charge in [-0.25, -0.2) is 14.3 Å². The molecule has 7 nitrogen and oxygen atoms in total. The van der Waals surface area contributed by atoms with Crippen molar-refractivity contribution >= 4 is 11.9 Å². The van der Waals surface area contributed by atoms with Gasteiger partial charge in [0.05, 0.1) is 5.69 Å². The summed E-state index contributed by atoms with van der Waals surface area (Å²) in [5, 5.41) is 13.3. The monoisotopic (exact) mass is 261 g/mol. The van der Waals surface area contributed by atoms with Crippen LogP contribution in [-0.4, -0.2) is 48.8 Å². The van der Waals surface area contributed by atoms with E-state index in [-0.39, 0.29) is 5.92 Å². The molecule has 1 amide bonds. The number of piperidine rings is 1. The molecule has 100 valence electrons. The smallest absolute Gasteiger partial charge is 0.407 e. The van der Waals surface area contributed by atoms with E-state index in [9.17, 15) is 4.79 Å². The predicted octanol–water partition coefficient (Wildman–Crippen LogP) is 1.29. The predicted molar refractivity (Wildman–Crippen MR) is 67.1 cm³/mol. The lowest BCUT2D eigenvalue weighted by Gasteiger charge is -2.30. The summed E-state index contributed by atoms with van der Waals surface area (Å²) in [4.78, 5) is 21.0. The van der Waals surface area contributed by atoms with Crippen LogP contribution in [0.4, 0.5) is 4.79 Å². The average molecular weight is 261 g/mol. The zero-order chi connectivity index (χ0) is 13.4. The first-order valence-electron chi connectivity index (χ1n) is 6.30. The molecule has 1 N–H and O–H groups in total. The highest BCUT2D eigenvalue weighted by Gasteiger charge is 2.26. The number of carbonyl (C=O) groups is 1. The highest BCUT2D eigenvalue weighted by molar-refractivity contribution is 5.65. The number of fused-ring (bicyclic) bond motifs is 1. The van der Waals surface area contributed by atoms with Gasteiger partial charge < -0.3 is 10.0 Å². The Morgan fingerprint density at radius 2 is 2.37 bits per heavy atom. The third-order valence-corrected chi connectivity index (χ3v) is 3.52. The van der Waals surface area contributed by atoms with Gasteiger partial charge in [-0.1, -0.05) is 0 Å². The van der Waals surface area contributed by atoms with Crippen LogP contribution in [0.3, 0.4) is 0 Å². The van der Waals surface area contributed by atoms with Crippen LogP contribution in [0, 0.1) is 6.92 Å². The van der Waals surface area contributed by atoms with E-state index < -0.39 is 6.09 Å². The number of nitrogens with zero attached hydrogens (tertiary/aromatic N) is 5. The molecule has 1 atom stereocenters. The minimum atomic E-state index is -0.856. The molecule has 1 unspecified atom stereocenters. The van der Waals surface area contributed by atoms with Crippen molar-refractivity contribution in [3.63, 3.8) is 0 Å². The Morgan fingerprint density at radius 1 is 1.53 bits per heavy atom. The van der Waals surface area contributed by atoms with Crippen LogP contribution in [0.1, 0.15) is 30.1 Å². The molecule has 1 aliphatic heterocycles. The van der Waals surface area contributed by atoms with E-state index in [1.165, 1.54) is 11.2 Å². The van der Waals surface area contributed by atoms with Crippen LogP contribution < -0.4 is 0 Å². The Kier molecular flexibility index (Phi) is 2.81. The van der Waals surface area contributed by atoms with Gasteiger partial charge in [-0.2, -0.15) is 10.1 Å². The fraction of sp³-hybridized carbons (Fsp3) is 0.500. The molecule has 3 heterocycles. The Labute approximate surface area is 109 Å². The van der Waals surface area contributed by atoms with Gasteiger partial charge in [0.25, 0.3) is 5.78 Å². The summed E-state index contributed by atoms with van der Waals surface area (Å²) in [5.41, 5.74) is 1.87. The quantitative estimate of drug-likeness (QED) is 0.836. The zero-order valence-electron chi connectivity index (χ0n) is 10.7. The zero-order valence-corrected chi connectivity index (χ0v) is 10.7. The van der Waals surface area contributed by atoms with Gasteiger partial charge in [0.1, 0.15) is 6.33 Å². The van der Waals surface area contributed by atoms with Gasteiger partial charge >= 0.3 is 6.09 Å². The van der Waals surface area contributed by atoms with Crippen LogP contribution in [0.25, 0.3) is 5.78 Å². The van der Waals surface area contributed by atoms with E-state index in [1.807, 2.05) is 13.0 Å². The van der Waals surface area contributed by atoms with E-state index in [0.717, 1.165) is 24.2 Å². The van der Waals surface area contributed by atoms with E-state index in [2.05, 4.69) is 15.1 Å². The molecule has 0 radical (unpaired) electrons. The third-order valence-electron chi connectivity index (χ3n) is 3.52. The first-order chi connectivity index (χ1) is 9.15. The van der Waals surface area contributed by atoms with Gasteiger partial charge in [-0.15, -0.1) is 0 Å². The number of carboxylic acid groups (broad SMARTS) is 1. The van der Waals surface area contributed by atoms with Crippen molar-refractivity contribution in [3.05, 3.63) is 23.8 Å². The van der Waals surface area contributed by atoms with Gasteiger partial charge in [0.15, 0.2) is 0 Å². The summed E-state index contributed by atoms with van der Waals surface area (Å²) in [6.45, 7) is 3.03. The molecule has 0 aliphatic carbocycles. The number of hydrogen-bond donors (Lipinski definition) is 1. The number of likely N-dealkylation sites (tertiary alicyclic amines) is 1. The molecule has 1 saturated heterocycles. The van der Waals surface area contributed by atoms with Crippen LogP contribution in [0.5, 0.6) is 0 Å². The summed E-state index contributed by atoms with van der Waals surface area (Å²) in [6.07, 6.45) is 2.45. The minimum absolute atomic E-state index is 0.149. The first kappa shape index (κ1) is 11.9. The Morgan fingerprint density at radius 3 is 3.16 bits per heavy atom. The number of aromatic nitrogens is 4. The van der Waals surface area contributed by atoms with Gasteiger partial charge in [0, 0.05) is 24.7 Å². The summed E-state index contributed by atoms with van der Waals surface area (Å²) < 4.78 is 1.71. The number of hydrogen-bond acceptors (Lipinski definition) is 4. The standard InChI is InChI=1S/C12H15N5O2/c1-8-5-10(17-11(15-8)13-7-14-17)9-3-2-4-16(6-9)12(18)19/h5,7,9H,2-4,6H2,1H3,(H,18,19). The molecule has 19 heavy (non-hydrogen) atoms. The Hall–Kier alpha value is -2.18. The summed E-state index contributed by atoms with van der Waals surface area (Å²) in [5.74, 6) is 0.721. The molecule has 1 fully saturated rings. The van der Waals surface area contributed by atoms with Gasteiger partial charge in [-0.05, 0) is 25.8 Å². The van der Waals surface area contributed by atoms with Crippen LogP contribution in [0.15, 0.2) is 12.4 Å². The third kappa shape index (κ3) is 2.11. The van der Waals surface area contributed by atoms with Crippen molar-refractivity contribution < 1.29 is 9.90 Å². The molecular weight excluding hydrogens is 246 g/mol. The largest absolute Gasteiger partial charge is 0.465 e. The fourth-order valence-corrected chi connectivity index (χ4v) is 2.64. The SMILES string of the molecule is Cc1cc(C2CCCN(C(=O)O)C2)n2ncnc2n1. The molecule has 2 aromatic heterocycles. The lowest BCUT2D eigenvalue weighted by molar-refractivity contribution is 0.130. The first-order valence-corrected chi connectivity index (χ1v) is 6.30. The maximum Gasteiger partial charge on any atom is 0.407 e.